The fraction of sp³-hybridized carbons (Fsp3) is 0.393. The molecule has 1 amide bonds. The van der Waals surface area contributed by atoms with E-state index in [0.29, 0.717) is 0 Å². The van der Waals surface area contributed by atoms with Crippen LogP contribution in [0.5, 0.6) is 0 Å². The number of hydrogen-bond acceptors (Lipinski definition) is 11. The zero-order valence-electron chi connectivity index (χ0n) is 22.9. The molecule has 1 saturated heterocycles. The fourth-order valence-electron chi connectivity index (χ4n) is 4.31. The Labute approximate surface area is 240 Å². The quantitative estimate of drug-likeness (QED) is 0.125. The van der Waals surface area contributed by atoms with Gasteiger partial charge in [-0.3, -0.25) is 25.0 Å². The molecule has 0 aromatic heterocycles. The van der Waals surface area contributed by atoms with Crippen molar-refractivity contribution in [2.45, 2.75) is 38.4 Å². The van der Waals surface area contributed by atoms with E-state index < -0.39 is 46.0 Å². The van der Waals surface area contributed by atoms with Crippen molar-refractivity contribution in [3.8, 4) is 0 Å². The molecule has 1 aliphatic heterocycles. The Morgan fingerprint density at radius 2 is 1.50 bits per heavy atom. The van der Waals surface area contributed by atoms with Crippen LogP contribution in [0.1, 0.15) is 43.4 Å². The molecule has 224 valence electrons. The largest absolute Gasteiger partial charge is 0.463 e. The summed E-state index contributed by atoms with van der Waals surface area (Å²) in [6.45, 7) is 4.78. The van der Waals surface area contributed by atoms with Gasteiger partial charge in [0.15, 0.2) is 6.10 Å². The van der Waals surface area contributed by atoms with Crippen molar-refractivity contribution in [3.05, 3.63) is 92.0 Å². The molecular formula is C28H31N3O11. The van der Waals surface area contributed by atoms with Gasteiger partial charge in [0.1, 0.15) is 6.61 Å². The van der Waals surface area contributed by atoms with Crippen LogP contribution in [0.25, 0.3) is 0 Å². The molecular weight excluding hydrogens is 554 g/mol. The minimum atomic E-state index is -1.44. The lowest BCUT2D eigenvalue weighted by atomic mass is 9.97. The molecule has 1 aliphatic rings. The van der Waals surface area contributed by atoms with Crippen LogP contribution in [-0.2, 0) is 23.8 Å². The zero-order chi connectivity index (χ0) is 30.8. The lowest BCUT2D eigenvalue weighted by Crippen LogP contribution is -2.41. The molecule has 1 unspecified atom stereocenters. The number of nitro groups is 2. The first-order chi connectivity index (χ1) is 20.0. The van der Waals surface area contributed by atoms with Gasteiger partial charge < -0.3 is 24.2 Å². The highest BCUT2D eigenvalue weighted by atomic mass is 16.6. The van der Waals surface area contributed by atoms with Gasteiger partial charge in [-0.25, -0.2) is 9.59 Å². The van der Waals surface area contributed by atoms with Crippen LogP contribution in [-0.4, -0.2) is 70.3 Å². The van der Waals surface area contributed by atoms with Crippen molar-refractivity contribution in [1.29, 1.82) is 0 Å². The van der Waals surface area contributed by atoms with Crippen molar-refractivity contribution in [2.75, 3.05) is 26.3 Å². The summed E-state index contributed by atoms with van der Waals surface area (Å²) in [6.07, 6.45) is -2.83. The summed E-state index contributed by atoms with van der Waals surface area (Å²) in [5.74, 6) is -1.69. The maximum Gasteiger partial charge on any atom is 0.410 e. The Bertz CT molecular complexity index is 1280. The van der Waals surface area contributed by atoms with Gasteiger partial charge in [-0.1, -0.05) is 30.8 Å². The van der Waals surface area contributed by atoms with Crippen molar-refractivity contribution in [2.24, 2.45) is 5.92 Å². The predicted octanol–water partition coefficient (Wildman–Crippen LogP) is 3.85. The molecule has 0 spiro atoms. The minimum absolute atomic E-state index is 0.0310. The number of esters is 2. The van der Waals surface area contributed by atoms with E-state index in [1.54, 1.807) is 0 Å². The van der Waals surface area contributed by atoms with Crippen LogP contribution in [0.15, 0.2) is 60.7 Å². The van der Waals surface area contributed by atoms with Gasteiger partial charge in [0.25, 0.3) is 11.4 Å². The normalized spacial score (nSPS) is 14.1. The van der Waals surface area contributed by atoms with Crippen molar-refractivity contribution < 1.29 is 43.5 Å². The monoisotopic (exact) mass is 585 g/mol. The number of ether oxygens (including phenoxy) is 3. The van der Waals surface area contributed by atoms with Crippen LogP contribution < -0.4 is 0 Å². The number of aliphatic hydroxyl groups excluding tert-OH is 1. The maximum absolute atomic E-state index is 13.2. The van der Waals surface area contributed by atoms with E-state index in [4.69, 9.17) is 14.2 Å². The number of amides is 1. The zero-order valence-corrected chi connectivity index (χ0v) is 22.9. The summed E-state index contributed by atoms with van der Waals surface area (Å²) in [5, 5.41) is 33.4. The Morgan fingerprint density at radius 3 is 2.00 bits per heavy atom. The molecule has 42 heavy (non-hydrogen) atoms. The number of carbonyl (C=O) groups excluding carboxylic acids is 3. The van der Waals surface area contributed by atoms with Crippen LogP contribution in [0, 0.1) is 26.1 Å². The summed E-state index contributed by atoms with van der Waals surface area (Å²) in [4.78, 5) is 60.5. The van der Waals surface area contributed by atoms with Gasteiger partial charge >= 0.3 is 18.0 Å². The number of aliphatic hydroxyl groups is 1. The second-order valence-electron chi connectivity index (χ2n) is 9.65. The molecule has 1 heterocycles. The van der Waals surface area contributed by atoms with Crippen molar-refractivity contribution in [3.63, 3.8) is 0 Å². The number of benzene rings is 2. The van der Waals surface area contributed by atoms with Gasteiger partial charge in [-0.15, -0.1) is 0 Å². The smallest absolute Gasteiger partial charge is 0.410 e. The standard InChI is InChI=1S/C28H31N3O11/c1-18(2)26(33)40-16-13-20(32)17-41-27(34)19-11-14-29(15-12-19)28(35)42-25(21-7-3-5-9-23(21)30(36)37)22-8-4-6-10-24(22)31(38)39/h3-10,19-20,25,32H,1,11-17H2,2H3. The highest BCUT2D eigenvalue weighted by molar-refractivity contribution is 5.86. The summed E-state index contributed by atoms with van der Waals surface area (Å²) >= 11 is 0. The van der Waals surface area contributed by atoms with E-state index in [1.807, 2.05) is 0 Å². The molecule has 2 aromatic rings. The summed E-state index contributed by atoms with van der Waals surface area (Å²) in [5.41, 5.74) is -0.574. The van der Waals surface area contributed by atoms with E-state index in [2.05, 4.69) is 6.58 Å². The van der Waals surface area contributed by atoms with Crippen LogP contribution in [0.2, 0.25) is 0 Å². The average molecular weight is 586 g/mol. The summed E-state index contributed by atoms with van der Waals surface area (Å²) in [6, 6.07) is 11.0. The van der Waals surface area contributed by atoms with Crippen LogP contribution in [0.4, 0.5) is 16.2 Å². The SMILES string of the molecule is C=C(C)C(=O)OCCC(O)COC(=O)C1CCN(C(=O)OC(c2ccccc2[N+](=O)[O-])c2ccccc2[N+](=O)[O-])CC1. The number of likely N-dealkylation sites (tertiary alicyclic amines) is 1. The third-order valence-corrected chi connectivity index (χ3v) is 6.59. The lowest BCUT2D eigenvalue weighted by Gasteiger charge is -2.31. The molecule has 14 nitrogen and oxygen atoms in total. The molecule has 0 radical (unpaired) electrons. The Balaban J connectivity index is 1.62. The fourth-order valence-corrected chi connectivity index (χ4v) is 4.31. The summed E-state index contributed by atoms with van der Waals surface area (Å²) in [7, 11) is 0. The molecule has 3 rings (SSSR count). The third-order valence-electron chi connectivity index (χ3n) is 6.59. The Kier molecular flexibility index (Phi) is 11.1. The first kappa shape index (κ1) is 31.7. The van der Waals surface area contributed by atoms with Gasteiger partial charge in [-0.05, 0) is 31.9 Å². The van der Waals surface area contributed by atoms with Crippen LogP contribution >= 0.6 is 0 Å². The van der Waals surface area contributed by atoms with Crippen molar-refractivity contribution in [1.82, 2.24) is 4.90 Å². The van der Waals surface area contributed by atoms with Gasteiger partial charge in [0, 0.05) is 37.2 Å². The van der Waals surface area contributed by atoms with Crippen molar-refractivity contribution >= 4 is 29.4 Å². The molecule has 0 bridgehead atoms. The second kappa shape index (κ2) is 14.7. The number of hydrogen-bond donors (Lipinski definition) is 1. The Hall–Kier alpha value is -4.85. The molecule has 1 N–H and O–H groups in total. The molecule has 0 aliphatic carbocycles. The molecule has 1 fully saturated rings. The van der Waals surface area contributed by atoms with Gasteiger partial charge in [0.05, 0.1) is 39.6 Å². The number of piperidine rings is 1. The summed E-state index contributed by atoms with van der Waals surface area (Å²) < 4.78 is 15.8. The van der Waals surface area contributed by atoms with E-state index >= 15 is 0 Å². The highest BCUT2D eigenvalue weighted by Crippen LogP contribution is 2.37. The minimum Gasteiger partial charge on any atom is -0.463 e. The molecule has 14 heteroatoms. The number of nitro benzene ring substituents is 2. The first-order valence-electron chi connectivity index (χ1n) is 13.1. The second-order valence-corrected chi connectivity index (χ2v) is 9.65. The topological polar surface area (TPSA) is 189 Å². The number of carbonyl (C=O) groups is 3. The Morgan fingerprint density at radius 1 is 0.976 bits per heavy atom. The average Bonchev–Trinajstić information content (AvgIpc) is 2.98. The number of rotatable bonds is 12. The first-order valence-corrected chi connectivity index (χ1v) is 13.1. The predicted molar refractivity (Wildman–Crippen MR) is 146 cm³/mol. The number of para-hydroxylation sites is 2. The van der Waals surface area contributed by atoms with Gasteiger partial charge in [-0.2, -0.15) is 0 Å². The number of nitrogens with zero attached hydrogens (tertiary/aromatic N) is 3. The highest BCUT2D eigenvalue weighted by Gasteiger charge is 2.35. The van der Waals surface area contributed by atoms with E-state index in [1.165, 1.54) is 60.4 Å². The van der Waals surface area contributed by atoms with E-state index in [0.717, 1.165) is 0 Å². The molecule has 1 atom stereocenters. The van der Waals surface area contributed by atoms with Gasteiger partial charge in [0.2, 0.25) is 0 Å². The maximum atomic E-state index is 13.2. The van der Waals surface area contributed by atoms with Crippen LogP contribution in [0.3, 0.4) is 0 Å². The third kappa shape index (κ3) is 8.33. The molecule has 0 saturated carbocycles. The van der Waals surface area contributed by atoms with E-state index in [9.17, 15) is 39.7 Å². The lowest BCUT2D eigenvalue weighted by molar-refractivity contribution is -0.387. The molecule has 2 aromatic carbocycles. The van der Waals surface area contributed by atoms with E-state index in [-0.39, 0.29) is 73.6 Å².